The lowest BCUT2D eigenvalue weighted by molar-refractivity contribution is 0.0982. The summed E-state index contributed by atoms with van der Waals surface area (Å²) in [6, 6.07) is 19.1. The summed E-state index contributed by atoms with van der Waals surface area (Å²) < 4.78 is 2.11. The van der Waals surface area contributed by atoms with Gasteiger partial charge in [-0.3, -0.25) is 19.3 Å². The monoisotopic (exact) mass is 518 g/mol. The van der Waals surface area contributed by atoms with Gasteiger partial charge in [-0.25, -0.2) is 9.97 Å². The Labute approximate surface area is 229 Å². The summed E-state index contributed by atoms with van der Waals surface area (Å²) in [6.45, 7) is 8.85. The molecular formula is C31H34N8. The SMILES string of the molecule is Cc1cccc(-c2nc3ccccn3c2-c2ccc3ncc(N4CCC(N5CCN(C)CC5)CC4)cc3n2)n1. The Morgan fingerprint density at radius 1 is 0.769 bits per heavy atom. The molecule has 2 saturated heterocycles. The van der Waals surface area contributed by atoms with E-state index >= 15 is 0 Å². The number of hydrogen-bond acceptors (Lipinski definition) is 7. The number of fused-ring (bicyclic) bond motifs is 2. The van der Waals surface area contributed by atoms with Crippen LogP contribution in [0.5, 0.6) is 0 Å². The van der Waals surface area contributed by atoms with E-state index in [1.54, 1.807) is 0 Å². The molecule has 0 spiro atoms. The molecule has 0 amide bonds. The molecule has 39 heavy (non-hydrogen) atoms. The van der Waals surface area contributed by atoms with Crippen molar-refractivity contribution in [1.29, 1.82) is 0 Å². The fourth-order valence-corrected chi connectivity index (χ4v) is 6.07. The van der Waals surface area contributed by atoms with E-state index in [-0.39, 0.29) is 0 Å². The van der Waals surface area contributed by atoms with Crippen molar-refractivity contribution in [3.63, 3.8) is 0 Å². The average Bonchev–Trinajstić information content (AvgIpc) is 3.37. The molecule has 0 radical (unpaired) electrons. The predicted octanol–water partition coefficient (Wildman–Crippen LogP) is 4.53. The lowest BCUT2D eigenvalue weighted by Gasteiger charge is -2.42. The van der Waals surface area contributed by atoms with Gasteiger partial charge in [-0.1, -0.05) is 12.1 Å². The van der Waals surface area contributed by atoms with Crippen molar-refractivity contribution in [2.45, 2.75) is 25.8 Å². The summed E-state index contributed by atoms with van der Waals surface area (Å²) in [5.41, 5.74) is 8.31. The highest BCUT2D eigenvalue weighted by Gasteiger charge is 2.27. The summed E-state index contributed by atoms with van der Waals surface area (Å²) >= 11 is 0. The van der Waals surface area contributed by atoms with Gasteiger partial charge in [-0.05, 0) is 69.3 Å². The second-order valence-electron chi connectivity index (χ2n) is 10.9. The Bertz CT molecular complexity index is 1630. The first-order chi connectivity index (χ1) is 19.1. The number of pyridine rings is 4. The fourth-order valence-electron chi connectivity index (χ4n) is 6.07. The van der Waals surface area contributed by atoms with Gasteiger partial charge in [0.15, 0.2) is 0 Å². The topological polar surface area (TPSA) is 65.7 Å². The largest absolute Gasteiger partial charge is 0.370 e. The Balaban J connectivity index is 1.20. The highest BCUT2D eigenvalue weighted by atomic mass is 15.3. The molecule has 0 aliphatic carbocycles. The van der Waals surface area contributed by atoms with Crippen LogP contribution in [0.15, 0.2) is 67.0 Å². The molecule has 2 aliphatic heterocycles. The minimum atomic E-state index is 0.692. The van der Waals surface area contributed by atoms with Crippen molar-refractivity contribution in [2.24, 2.45) is 0 Å². The second-order valence-corrected chi connectivity index (χ2v) is 10.9. The molecule has 7 rings (SSSR count). The first-order valence-corrected chi connectivity index (χ1v) is 14.0. The Hall–Kier alpha value is -3.88. The van der Waals surface area contributed by atoms with Gasteiger partial charge in [0, 0.05) is 57.2 Å². The lowest BCUT2D eigenvalue weighted by Crippen LogP contribution is -2.52. The standard InChI is InChI=1S/C31H34N8/c1-22-6-5-7-26(33-22)30-31(39-13-4-3-8-29(39)35-30)27-10-9-25-28(34-27)20-24(21-32-25)37-14-11-23(12-15-37)38-18-16-36(2)17-19-38/h3-10,13,20-21,23H,11-12,14-19H2,1-2H3. The summed E-state index contributed by atoms with van der Waals surface area (Å²) in [4.78, 5) is 27.3. The van der Waals surface area contributed by atoms with Crippen LogP contribution in [0.2, 0.25) is 0 Å². The third kappa shape index (κ3) is 4.64. The minimum Gasteiger partial charge on any atom is -0.370 e. The number of piperazine rings is 1. The van der Waals surface area contributed by atoms with Crippen LogP contribution < -0.4 is 4.90 Å². The maximum Gasteiger partial charge on any atom is 0.138 e. The number of nitrogens with zero attached hydrogens (tertiary/aromatic N) is 8. The molecule has 5 aromatic heterocycles. The quantitative estimate of drug-likeness (QED) is 0.346. The molecule has 0 unspecified atom stereocenters. The van der Waals surface area contributed by atoms with Gasteiger partial charge in [0.25, 0.3) is 0 Å². The Morgan fingerprint density at radius 2 is 1.62 bits per heavy atom. The number of likely N-dealkylation sites (N-methyl/N-ethyl adjacent to an activating group) is 1. The van der Waals surface area contributed by atoms with Gasteiger partial charge in [-0.2, -0.15) is 0 Å². The zero-order valence-corrected chi connectivity index (χ0v) is 22.7. The van der Waals surface area contributed by atoms with Crippen LogP contribution in [0, 0.1) is 6.92 Å². The number of aryl methyl sites for hydroxylation is 1. The first-order valence-electron chi connectivity index (χ1n) is 14.0. The zero-order chi connectivity index (χ0) is 26.3. The lowest BCUT2D eigenvalue weighted by atomic mass is 10.0. The Morgan fingerprint density at radius 3 is 2.44 bits per heavy atom. The van der Waals surface area contributed by atoms with Gasteiger partial charge in [0.1, 0.15) is 17.0 Å². The van der Waals surface area contributed by atoms with Gasteiger partial charge >= 0.3 is 0 Å². The molecule has 198 valence electrons. The first kappa shape index (κ1) is 24.2. The van der Waals surface area contributed by atoms with Crippen LogP contribution in [0.4, 0.5) is 5.69 Å². The van der Waals surface area contributed by atoms with E-state index in [1.165, 1.54) is 39.0 Å². The molecule has 8 nitrogen and oxygen atoms in total. The highest BCUT2D eigenvalue weighted by Crippen LogP contribution is 2.32. The molecule has 0 atom stereocenters. The minimum absolute atomic E-state index is 0.692. The van der Waals surface area contributed by atoms with Gasteiger partial charge in [-0.15, -0.1) is 0 Å². The summed E-state index contributed by atoms with van der Waals surface area (Å²) in [5, 5.41) is 0. The number of rotatable bonds is 4. The van der Waals surface area contributed by atoms with Crippen molar-refractivity contribution in [1.82, 2.24) is 34.1 Å². The van der Waals surface area contributed by atoms with E-state index in [0.717, 1.165) is 63.9 Å². The van der Waals surface area contributed by atoms with E-state index < -0.39 is 0 Å². The molecule has 0 N–H and O–H groups in total. The van der Waals surface area contributed by atoms with Gasteiger partial charge < -0.3 is 9.80 Å². The van der Waals surface area contributed by atoms with Crippen LogP contribution in [-0.2, 0) is 0 Å². The van der Waals surface area contributed by atoms with E-state index in [1.807, 2.05) is 61.8 Å². The molecule has 8 heteroatoms. The van der Waals surface area contributed by atoms with E-state index in [4.69, 9.17) is 19.9 Å². The Kier molecular flexibility index (Phi) is 6.21. The molecule has 0 bridgehead atoms. The highest BCUT2D eigenvalue weighted by molar-refractivity contribution is 5.84. The number of piperidine rings is 1. The van der Waals surface area contributed by atoms with Crippen LogP contribution >= 0.6 is 0 Å². The second kappa shape index (κ2) is 10.0. The van der Waals surface area contributed by atoms with Crippen molar-refractivity contribution >= 4 is 22.4 Å². The zero-order valence-electron chi connectivity index (χ0n) is 22.7. The van der Waals surface area contributed by atoms with Crippen molar-refractivity contribution in [3.8, 4) is 22.8 Å². The fraction of sp³-hybridized carbons (Fsp3) is 0.355. The van der Waals surface area contributed by atoms with Gasteiger partial charge in [0.2, 0.25) is 0 Å². The molecule has 0 aromatic carbocycles. The summed E-state index contributed by atoms with van der Waals surface area (Å²) in [7, 11) is 2.22. The molecule has 2 aliphatic rings. The van der Waals surface area contributed by atoms with Crippen LogP contribution in [0.3, 0.4) is 0 Å². The number of aromatic nitrogens is 5. The predicted molar refractivity (Wildman–Crippen MR) is 156 cm³/mol. The maximum absolute atomic E-state index is 5.14. The summed E-state index contributed by atoms with van der Waals surface area (Å²) in [5.74, 6) is 0. The average molecular weight is 519 g/mol. The van der Waals surface area contributed by atoms with Crippen molar-refractivity contribution in [3.05, 3.63) is 72.7 Å². The van der Waals surface area contributed by atoms with Crippen LogP contribution in [0.1, 0.15) is 18.5 Å². The number of anilines is 1. The maximum atomic E-state index is 5.14. The summed E-state index contributed by atoms with van der Waals surface area (Å²) in [6.07, 6.45) is 6.45. The van der Waals surface area contributed by atoms with Crippen LogP contribution in [0.25, 0.3) is 39.5 Å². The molecular weight excluding hydrogens is 484 g/mol. The van der Waals surface area contributed by atoms with Crippen molar-refractivity contribution in [2.75, 3.05) is 51.2 Å². The molecule has 2 fully saturated rings. The van der Waals surface area contributed by atoms with Crippen LogP contribution in [-0.4, -0.2) is 86.5 Å². The van der Waals surface area contributed by atoms with Gasteiger partial charge in [0.05, 0.1) is 34.3 Å². The third-order valence-electron chi connectivity index (χ3n) is 8.31. The number of imidazole rings is 1. The molecule has 0 saturated carbocycles. The normalized spacial score (nSPS) is 17.8. The van der Waals surface area contributed by atoms with E-state index in [9.17, 15) is 0 Å². The molecule has 5 aromatic rings. The van der Waals surface area contributed by atoms with Crippen molar-refractivity contribution < 1.29 is 0 Å². The van der Waals surface area contributed by atoms with E-state index in [2.05, 4.69) is 38.3 Å². The van der Waals surface area contributed by atoms with E-state index in [0.29, 0.717) is 6.04 Å². The third-order valence-corrected chi connectivity index (χ3v) is 8.31. The smallest absolute Gasteiger partial charge is 0.138 e. The number of hydrogen-bond donors (Lipinski definition) is 0. The molecule has 7 heterocycles.